The third-order valence-electron chi connectivity index (χ3n) is 4.73. The number of amides is 1. The van der Waals surface area contributed by atoms with Crippen LogP contribution < -0.4 is 5.32 Å². The molecule has 1 saturated heterocycles. The lowest BCUT2D eigenvalue weighted by Gasteiger charge is -2.32. The Kier molecular flexibility index (Phi) is 7.77. The predicted molar refractivity (Wildman–Crippen MR) is 81.7 cm³/mol. The summed E-state index contributed by atoms with van der Waals surface area (Å²) in [5, 5.41) is 3.31. The molecule has 0 aromatic rings. The van der Waals surface area contributed by atoms with Crippen molar-refractivity contribution in [1.29, 1.82) is 0 Å². The van der Waals surface area contributed by atoms with Crippen molar-refractivity contribution in [2.24, 2.45) is 5.92 Å². The molecule has 1 aliphatic carbocycles. The molecule has 0 unspecified atom stereocenters. The Bertz CT molecular complexity index is 259. The van der Waals surface area contributed by atoms with Gasteiger partial charge in [-0.2, -0.15) is 0 Å². The molecule has 3 nitrogen and oxygen atoms in total. The smallest absolute Gasteiger partial charge is 0.222 e. The second kappa shape index (κ2) is 8.80. The zero-order chi connectivity index (χ0) is 12.8. The maximum atomic E-state index is 12.1. The number of rotatable bonds is 5. The Morgan fingerprint density at radius 2 is 1.79 bits per heavy atom. The average molecular weight is 289 g/mol. The minimum atomic E-state index is 0. The summed E-state index contributed by atoms with van der Waals surface area (Å²) in [5.41, 5.74) is 0. The van der Waals surface area contributed by atoms with Crippen LogP contribution in [0.5, 0.6) is 0 Å². The highest BCUT2D eigenvalue weighted by Gasteiger charge is 2.22. The Morgan fingerprint density at radius 3 is 2.37 bits per heavy atom. The molecule has 19 heavy (non-hydrogen) atoms. The zero-order valence-corrected chi connectivity index (χ0v) is 13.0. The fourth-order valence-corrected chi connectivity index (χ4v) is 3.42. The maximum Gasteiger partial charge on any atom is 0.222 e. The Balaban J connectivity index is 0.00000180. The average Bonchev–Trinajstić information content (AvgIpc) is 2.92. The summed E-state index contributed by atoms with van der Waals surface area (Å²) in [7, 11) is 2.02. The summed E-state index contributed by atoms with van der Waals surface area (Å²) in [6, 6.07) is 0.618. The third kappa shape index (κ3) is 5.31. The third-order valence-corrected chi connectivity index (χ3v) is 4.73. The van der Waals surface area contributed by atoms with Crippen LogP contribution in [0.1, 0.15) is 57.8 Å². The number of nitrogens with one attached hydrogen (secondary N) is 1. The topological polar surface area (TPSA) is 32.3 Å². The first-order valence-corrected chi connectivity index (χ1v) is 7.74. The highest BCUT2D eigenvalue weighted by Crippen LogP contribution is 2.29. The van der Waals surface area contributed by atoms with Gasteiger partial charge in [0, 0.05) is 25.6 Å². The molecule has 1 aliphatic heterocycles. The fraction of sp³-hybridized carbons (Fsp3) is 0.933. The molecule has 0 radical (unpaired) electrons. The molecule has 1 heterocycles. The highest BCUT2D eigenvalue weighted by atomic mass is 35.5. The van der Waals surface area contributed by atoms with Crippen molar-refractivity contribution < 1.29 is 4.79 Å². The van der Waals surface area contributed by atoms with Crippen LogP contribution in [0, 0.1) is 5.92 Å². The lowest BCUT2D eigenvalue weighted by molar-refractivity contribution is -0.132. The van der Waals surface area contributed by atoms with E-state index in [4.69, 9.17) is 0 Å². The van der Waals surface area contributed by atoms with Crippen LogP contribution in [0.3, 0.4) is 0 Å². The molecule has 1 N–H and O–H groups in total. The first-order valence-electron chi connectivity index (χ1n) is 7.74. The van der Waals surface area contributed by atoms with Crippen molar-refractivity contribution in [3.8, 4) is 0 Å². The fourth-order valence-electron chi connectivity index (χ4n) is 3.42. The second-order valence-corrected chi connectivity index (χ2v) is 5.99. The van der Waals surface area contributed by atoms with Crippen molar-refractivity contribution >= 4 is 18.3 Å². The van der Waals surface area contributed by atoms with Crippen LogP contribution in [0.2, 0.25) is 0 Å². The van der Waals surface area contributed by atoms with Crippen LogP contribution in [0.15, 0.2) is 0 Å². The molecule has 2 rings (SSSR count). The number of carbonyl (C=O) groups is 1. The van der Waals surface area contributed by atoms with Gasteiger partial charge >= 0.3 is 0 Å². The van der Waals surface area contributed by atoms with E-state index in [0.717, 1.165) is 44.7 Å². The molecule has 1 saturated carbocycles. The molecule has 0 bridgehead atoms. The number of halogens is 1. The maximum absolute atomic E-state index is 12.1. The monoisotopic (exact) mass is 288 g/mol. The molecular weight excluding hydrogens is 260 g/mol. The quantitative estimate of drug-likeness (QED) is 0.843. The first kappa shape index (κ1) is 16.8. The van der Waals surface area contributed by atoms with Crippen molar-refractivity contribution in [3.05, 3.63) is 0 Å². The normalized spacial score (nSPS) is 21.4. The van der Waals surface area contributed by atoms with E-state index < -0.39 is 0 Å². The highest BCUT2D eigenvalue weighted by molar-refractivity contribution is 5.85. The Hall–Kier alpha value is -0.280. The lowest BCUT2D eigenvalue weighted by atomic mass is 9.99. The van der Waals surface area contributed by atoms with Gasteiger partial charge in [0.05, 0.1) is 0 Å². The standard InChI is InChI=1S/C15H28N2O.ClH/c1-16-14-9-11-17(12-10-14)15(18)8-4-7-13-5-2-3-6-13;/h13-14,16H,2-12H2,1H3;1H. The number of piperidine rings is 1. The molecule has 0 spiro atoms. The van der Waals surface area contributed by atoms with E-state index in [-0.39, 0.29) is 12.4 Å². The minimum absolute atomic E-state index is 0. The van der Waals surface area contributed by atoms with Crippen LogP contribution in [-0.2, 0) is 4.79 Å². The predicted octanol–water partition coefficient (Wildman–Crippen LogP) is 2.98. The Morgan fingerprint density at radius 1 is 1.16 bits per heavy atom. The van der Waals surface area contributed by atoms with Crippen molar-refractivity contribution in [2.75, 3.05) is 20.1 Å². The van der Waals surface area contributed by atoms with E-state index in [2.05, 4.69) is 10.2 Å². The van der Waals surface area contributed by atoms with Gasteiger partial charge in [0.1, 0.15) is 0 Å². The van der Waals surface area contributed by atoms with Crippen molar-refractivity contribution in [3.63, 3.8) is 0 Å². The van der Waals surface area contributed by atoms with Crippen molar-refractivity contribution in [2.45, 2.75) is 63.8 Å². The first-order chi connectivity index (χ1) is 8.79. The van der Waals surface area contributed by atoms with Crippen LogP contribution in [0.4, 0.5) is 0 Å². The number of likely N-dealkylation sites (tertiary alicyclic amines) is 1. The summed E-state index contributed by atoms with van der Waals surface area (Å²) < 4.78 is 0. The summed E-state index contributed by atoms with van der Waals surface area (Å²) in [6.45, 7) is 1.90. The van der Waals surface area contributed by atoms with Gasteiger partial charge in [-0.05, 0) is 38.6 Å². The molecule has 2 aliphatic rings. The lowest BCUT2D eigenvalue weighted by Crippen LogP contribution is -2.43. The van der Waals surface area contributed by atoms with Crippen LogP contribution in [-0.4, -0.2) is 37.0 Å². The molecule has 0 atom stereocenters. The molecular formula is C15H29ClN2O. The van der Waals surface area contributed by atoms with E-state index in [9.17, 15) is 4.79 Å². The van der Waals surface area contributed by atoms with Crippen molar-refractivity contribution in [1.82, 2.24) is 10.2 Å². The van der Waals surface area contributed by atoms with Gasteiger partial charge in [0.15, 0.2) is 0 Å². The van der Waals surface area contributed by atoms with E-state index in [1.54, 1.807) is 0 Å². The van der Waals surface area contributed by atoms with Gasteiger partial charge in [-0.1, -0.05) is 25.7 Å². The zero-order valence-electron chi connectivity index (χ0n) is 12.2. The van der Waals surface area contributed by atoms with Gasteiger partial charge in [-0.25, -0.2) is 0 Å². The van der Waals surface area contributed by atoms with Crippen LogP contribution >= 0.6 is 12.4 Å². The Labute approximate surface area is 123 Å². The van der Waals surface area contributed by atoms with Gasteiger partial charge in [0.2, 0.25) is 5.91 Å². The van der Waals surface area contributed by atoms with Gasteiger partial charge in [0.25, 0.3) is 0 Å². The van der Waals surface area contributed by atoms with E-state index >= 15 is 0 Å². The summed E-state index contributed by atoms with van der Waals surface area (Å²) in [6.07, 6.45) is 11.0. The molecule has 0 aromatic carbocycles. The summed E-state index contributed by atoms with van der Waals surface area (Å²) >= 11 is 0. The van der Waals surface area contributed by atoms with Gasteiger partial charge in [-0.3, -0.25) is 4.79 Å². The van der Waals surface area contributed by atoms with E-state index in [0.29, 0.717) is 11.9 Å². The number of nitrogens with zero attached hydrogens (tertiary/aromatic N) is 1. The van der Waals surface area contributed by atoms with Gasteiger partial charge in [-0.15, -0.1) is 12.4 Å². The van der Waals surface area contributed by atoms with E-state index in [1.165, 1.54) is 32.1 Å². The molecule has 2 fully saturated rings. The van der Waals surface area contributed by atoms with Crippen LogP contribution in [0.25, 0.3) is 0 Å². The van der Waals surface area contributed by atoms with Gasteiger partial charge < -0.3 is 10.2 Å². The minimum Gasteiger partial charge on any atom is -0.343 e. The second-order valence-electron chi connectivity index (χ2n) is 5.99. The molecule has 1 amide bonds. The molecule has 4 heteroatoms. The number of carbonyl (C=O) groups excluding carboxylic acids is 1. The summed E-state index contributed by atoms with van der Waals surface area (Å²) in [4.78, 5) is 14.1. The largest absolute Gasteiger partial charge is 0.343 e. The summed E-state index contributed by atoms with van der Waals surface area (Å²) in [5.74, 6) is 1.32. The molecule has 0 aromatic heterocycles. The number of hydrogen-bond donors (Lipinski definition) is 1. The molecule has 112 valence electrons. The SMILES string of the molecule is CNC1CCN(C(=O)CCCC2CCCC2)CC1.Cl. The number of hydrogen-bond acceptors (Lipinski definition) is 2. The van der Waals surface area contributed by atoms with E-state index in [1.807, 2.05) is 7.05 Å².